The van der Waals surface area contributed by atoms with Crippen LogP contribution in [0.3, 0.4) is 0 Å². The lowest BCUT2D eigenvalue weighted by Gasteiger charge is -2.10. The lowest BCUT2D eigenvalue weighted by atomic mass is 10.1. The molecule has 0 aliphatic heterocycles. The number of aromatic nitrogens is 1. The summed E-state index contributed by atoms with van der Waals surface area (Å²) in [5.74, 6) is 1.23. The predicted molar refractivity (Wildman–Crippen MR) is 99.6 cm³/mol. The molecule has 7 heteroatoms. The van der Waals surface area contributed by atoms with Crippen LogP contribution in [0.15, 0.2) is 39.8 Å². The lowest BCUT2D eigenvalue weighted by molar-refractivity contribution is 0.374. The maximum absolute atomic E-state index is 13.1. The molecule has 0 unspecified atom stereocenters. The van der Waals surface area contributed by atoms with Crippen LogP contribution in [-0.2, 0) is 19.4 Å². The van der Waals surface area contributed by atoms with Crippen molar-refractivity contribution in [1.82, 2.24) is 15.8 Å². The van der Waals surface area contributed by atoms with Gasteiger partial charge < -0.3 is 15.2 Å². The first-order valence-corrected chi connectivity index (χ1v) is 7.34. The fourth-order valence-corrected chi connectivity index (χ4v) is 2.01. The summed E-state index contributed by atoms with van der Waals surface area (Å²) in [6, 6.07) is 8.53. The summed E-state index contributed by atoms with van der Waals surface area (Å²) in [5.41, 5.74) is 1.89. The highest BCUT2D eigenvalue weighted by atomic mass is 127. The Labute approximate surface area is 152 Å². The molecule has 0 amide bonds. The van der Waals surface area contributed by atoms with Crippen LogP contribution >= 0.6 is 24.0 Å². The Bertz CT molecular complexity index is 630. The molecule has 1 heterocycles. The van der Waals surface area contributed by atoms with Gasteiger partial charge in [0.1, 0.15) is 5.82 Å². The molecule has 2 rings (SSSR count). The first-order valence-electron chi connectivity index (χ1n) is 7.34. The topological polar surface area (TPSA) is 62.5 Å². The summed E-state index contributed by atoms with van der Waals surface area (Å²) >= 11 is 0. The first-order chi connectivity index (χ1) is 10.7. The number of aliphatic imine (C=N–C) groups is 1. The van der Waals surface area contributed by atoms with Crippen LogP contribution in [0.5, 0.6) is 0 Å². The molecule has 126 valence electrons. The van der Waals surface area contributed by atoms with Crippen molar-refractivity contribution in [3.63, 3.8) is 0 Å². The van der Waals surface area contributed by atoms with Gasteiger partial charge in [0.05, 0.1) is 12.2 Å². The second-order valence-electron chi connectivity index (χ2n) is 4.87. The van der Waals surface area contributed by atoms with Crippen molar-refractivity contribution in [1.29, 1.82) is 0 Å². The van der Waals surface area contributed by atoms with Crippen molar-refractivity contribution in [3.8, 4) is 0 Å². The van der Waals surface area contributed by atoms with Gasteiger partial charge in [0.25, 0.3) is 0 Å². The van der Waals surface area contributed by atoms with E-state index in [1.54, 1.807) is 19.2 Å². The van der Waals surface area contributed by atoms with Crippen molar-refractivity contribution in [2.24, 2.45) is 4.99 Å². The Balaban J connectivity index is 0.00000264. The van der Waals surface area contributed by atoms with Gasteiger partial charge in [-0.3, -0.25) is 4.99 Å². The van der Waals surface area contributed by atoms with Gasteiger partial charge in [0.15, 0.2) is 11.7 Å². The zero-order valence-corrected chi connectivity index (χ0v) is 15.6. The van der Waals surface area contributed by atoms with E-state index in [2.05, 4.69) is 20.8 Å². The van der Waals surface area contributed by atoms with Crippen LogP contribution in [0.25, 0.3) is 0 Å². The van der Waals surface area contributed by atoms with Crippen LogP contribution in [0.2, 0.25) is 0 Å². The van der Waals surface area contributed by atoms with Gasteiger partial charge in [-0.2, -0.15) is 0 Å². The van der Waals surface area contributed by atoms with E-state index in [1.165, 1.54) is 6.07 Å². The highest BCUT2D eigenvalue weighted by Gasteiger charge is 2.04. The molecule has 0 aliphatic rings. The van der Waals surface area contributed by atoms with Crippen LogP contribution in [0, 0.1) is 5.82 Å². The van der Waals surface area contributed by atoms with Crippen LogP contribution in [0.1, 0.15) is 23.9 Å². The molecule has 0 aliphatic carbocycles. The van der Waals surface area contributed by atoms with Gasteiger partial charge in [-0.15, -0.1) is 24.0 Å². The maximum atomic E-state index is 13.1. The zero-order chi connectivity index (χ0) is 15.8. The molecule has 5 nitrogen and oxygen atoms in total. The highest BCUT2D eigenvalue weighted by molar-refractivity contribution is 14.0. The molecule has 1 aromatic heterocycles. The van der Waals surface area contributed by atoms with Gasteiger partial charge in [-0.05, 0) is 30.5 Å². The highest BCUT2D eigenvalue weighted by Crippen LogP contribution is 2.04. The average molecular weight is 432 g/mol. The minimum absolute atomic E-state index is 0. The number of nitrogens with zero attached hydrogens (tertiary/aromatic N) is 2. The molecule has 2 N–H and O–H groups in total. The molecule has 0 saturated heterocycles. The molecule has 23 heavy (non-hydrogen) atoms. The summed E-state index contributed by atoms with van der Waals surface area (Å²) < 4.78 is 18.3. The van der Waals surface area contributed by atoms with E-state index in [1.807, 2.05) is 19.1 Å². The van der Waals surface area contributed by atoms with E-state index in [9.17, 15) is 4.39 Å². The van der Waals surface area contributed by atoms with Gasteiger partial charge in [-0.1, -0.05) is 24.2 Å². The third kappa shape index (κ3) is 6.55. The van der Waals surface area contributed by atoms with E-state index in [4.69, 9.17) is 4.52 Å². The normalized spacial score (nSPS) is 11.0. The van der Waals surface area contributed by atoms with Crippen molar-refractivity contribution in [3.05, 3.63) is 53.2 Å². The largest absolute Gasteiger partial charge is 0.359 e. The molecule has 0 atom stereocenters. The van der Waals surface area contributed by atoms with E-state index < -0.39 is 0 Å². The van der Waals surface area contributed by atoms with Gasteiger partial charge >= 0.3 is 0 Å². The van der Waals surface area contributed by atoms with Crippen molar-refractivity contribution < 1.29 is 8.91 Å². The van der Waals surface area contributed by atoms with Crippen molar-refractivity contribution in [2.45, 2.75) is 26.3 Å². The lowest BCUT2D eigenvalue weighted by Crippen LogP contribution is -2.37. The third-order valence-corrected chi connectivity index (χ3v) is 3.22. The quantitative estimate of drug-likeness (QED) is 0.419. The summed E-state index contributed by atoms with van der Waals surface area (Å²) in [6.07, 6.45) is 1.57. The second-order valence-corrected chi connectivity index (χ2v) is 4.87. The number of halogens is 2. The minimum atomic E-state index is -0.211. The molecular weight excluding hydrogens is 410 g/mol. The Morgan fingerprint density at radius 3 is 2.78 bits per heavy atom. The van der Waals surface area contributed by atoms with Gasteiger partial charge in [0.2, 0.25) is 0 Å². The van der Waals surface area contributed by atoms with Crippen LogP contribution in [0.4, 0.5) is 4.39 Å². The van der Waals surface area contributed by atoms with Gasteiger partial charge in [-0.25, -0.2) is 4.39 Å². The smallest absolute Gasteiger partial charge is 0.191 e. The zero-order valence-electron chi connectivity index (χ0n) is 13.3. The first kappa shape index (κ1) is 19.4. The van der Waals surface area contributed by atoms with Gasteiger partial charge in [0, 0.05) is 19.7 Å². The van der Waals surface area contributed by atoms with E-state index in [-0.39, 0.29) is 29.8 Å². The summed E-state index contributed by atoms with van der Waals surface area (Å²) in [6.45, 7) is 3.22. The second kappa shape index (κ2) is 10.2. The number of aryl methyl sites for hydroxylation is 1. The van der Waals surface area contributed by atoms with Crippen molar-refractivity contribution >= 4 is 29.9 Å². The standard InChI is InChI=1S/C16H21FN4O.HI/c1-3-14-10-15(22-21-14)11-20-16(18-2)19-8-7-12-5-4-6-13(17)9-12;/h4-6,9-10H,3,7-8,11H2,1-2H3,(H2,18,19,20);1H. The average Bonchev–Trinajstić information content (AvgIpc) is 2.99. The Hall–Kier alpha value is -1.64. The Kier molecular flexibility index (Phi) is 8.60. The molecule has 2 aromatic rings. The predicted octanol–water partition coefficient (Wildman–Crippen LogP) is 2.90. The monoisotopic (exact) mass is 432 g/mol. The molecular formula is C16H22FIN4O. The number of benzene rings is 1. The molecule has 0 fully saturated rings. The molecule has 0 bridgehead atoms. The number of guanidine groups is 1. The number of hydrogen-bond acceptors (Lipinski definition) is 3. The summed E-state index contributed by atoms with van der Waals surface area (Å²) in [7, 11) is 1.70. The van der Waals surface area contributed by atoms with E-state index >= 15 is 0 Å². The Morgan fingerprint density at radius 1 is 1.30 bits per heavy atom. The molecule has 0 radical (unpaired) electrons. The Morgan fingerprint density at radius 2 is 2.13 bits per heavy atom. The SMILES string of the molecule is CCc1cc(CNC(=NC)NCCc2cccc(F)c2)on1.I. The molecule has 1 aromatic carbocycles. The fourth-order valence-electron chi connectivity index (χ4n) is 2.01. The fraction of sp³-hybridized carbons (Fsp3) is 0.375. The summed E-state index contributed by atoms with van der Waals surface area (Å²) in [4.78, 5) is 4.14. The maximum Gasteiger partial charge on any atom is 0.191 e. The number of nitrogens with one attached hydrogen (secondary N) is 2. The van der Waals surface area contributed by atoms with Crippen LogP contribution < -0.4 is 10.6 Å². The molecule has 0 spiro atoms. The minimum Gasteiger partial charge on any atom is -0.359 e. The number of hydrogen-bond donors (Lipinski definition) is 2. The summed E-state index contributed by atoms with van der Waals surface area (Å²) in [5, 5.41) is 10.3. The van der Waals surface area contributed by atoms with Crippen molar-refractivity contribution in [2.75, 3.05) is 13.6 Å². The number of rotatable bonds is 6. The van der Waals surface area contributed by atoms with E-state index in [0.29, 0.717) is 19.0 Å². The van der Waals surface area contributed by atoms with Crippen LogP contribution in [-0.4, -0.2) is 24.7 Å². The third-order valence-electron chi connectivity index (χ3n) is 3.22. The molecule has 0 saturated carbocycles. The van der Waals surface area contributed by atoms with E-state index in [0.717, 1.165) is 29.9 Å².